The fraction of sp³-hybridized carbons (Fsp3) is 0.167. The number of para-hydroxylation sites is 1. The summed E-state index contributed by atoms with van der Waals surface area (Å²) in [4.78, 5) is 1.88. The van der Waals surface area contributed by atoms with Gasteiger partial charge in [0.05, 0.1) is 6.10 Å². The maximum atomic E-state index is 13.3. The highest BCUT2D eigenvalue weighted by Crippen LogP contribution is 2.44. The van der Waals surface area contributed by atoms with Gasteiger partial charge < -0.3 is 20.1 Å². The smallest absolute Gasteiger partial charge is 0.264 e. The number of anilines is 1. The quantitative estimate of drug-likeness (QED) is 0.239. The predicted octanol–water partition coefficient (Wildman–Crippen LogP) is 6.65. The van der Waals surface area contributed by atoms with E-state index in [9.17, 15) is 19.7 Å². The lowest BCUT2D eigenvalue weighted by atomic mass is 9.92. The van der Waals surface area contributed by atoms with Gasteiger partial charge in [0.15, 0.2) is 0 Å². The molecule has 7 heteroatoms. The lowest BCUT2D eigenvalue weighted by Crippen LogP contribution is -2.29. The largest absolute Gasteiger partial charge is 0.508 e. The third kappa shape index (κ3) is 5.28. The molecule has 0 radical (unpaired) electrons. The average molecular weight is 516 g/mol. The van der Waals surface area contributed by atoms with Gasteiger partial charge in [0.2, 0.25) is 0 Å². The van der Waals surface area contributed by atoms with Gasteiger partial charge >= 0.3 is 0 Å². The van der Waals surface area contributed by atoms with E-state index >= 15 is 0 Å². The highest BCUT2D eigenvalue weighted by atomic mass is 32.1. The van der Waals surface area contributed by atoms with Crippen LogP contribution in [0.4, 0.5) is 10.1 Å². The number of aromatic hydroxyl groups is 2. The molecular formula is C30H26FNO4S. The third-order valence-corrected chi connectivity index (χ3v) is 6.91. The van der Waals surface area contributed by atoms with Gasteiger partial charge in [0.1, 0.15) is 29.5 Å². The second-order valence-electron chi connectivity index (χ2n) is 9.04. The summed E-state index contributed by atoms with van der Waals surface area (Å²) < 4.78 is 19.4. The van der Waals surface area contributed by atoms with Gasteiger partial charge in [-0.25, -0.2) is 4.39 Å². The van der Waals surface area contributed by atoms with E-state index in [1.807, 2.05) is 53.4 Å². The lowest BCUT2D eigenvalue weighted by Gasteiger charge is -2.27. The Kier molecular flexibility index (Phi) is 7.08. The van der Waals surface area contributed by atoms with Crippen LogP contribution in [-0.4, -0.2) is 26.6 Å². The number of rotatable bonds is 7. The number of phenolic OH excluding ortho intramolecular Hbond substituents is 2. The molecule has 37 heavy (non-hydrogen) atoms. The first-order valence-corrected chi connectivity index (χ1v) is 12.4. The Morgan fingerprint density at radius 2 is 1.59 bits per heavy atom. The van der Waals surface area contributed by atoms with Gasteiger partial charge in [-0.15, -0.1) is 0 Å². The Labute approximate surface area is 220 Å². The van der Waals surface area contributed by atoms with Gasteiger partial charge in [-0.1, -0.05) is 54.6 Å². The molecule has 188 valence electrons. The van der Waals surface area contributed by atoms with Crippen LogP contribution in [0.2, 0.25) is 0 Å². The van der Waals surface area contributed by atoms with Crippen molar-refractivity contribution in [3.63, 3.8) is 0 Å². The molecule has 4 aromatic carbocycles. The van der Waals surface area contributed by atoms with Gasteiger partial charge in [-0.2, -0.15) is 0 Å². The molecular weight excluding hydrogens is 489 g/mol. The molecule has 0 amide bonds. The Balaban J connectivity index is 1.46. The van der Waals surface area contributed by atoms with E-state index in [4.69, 9.17) is 17.0 Å². The molecule has 0 bridgehead atoms. The zero-order chi connectivity index (χ0) is 25.9. The van der Waals surface area contributed by atoms with Crippen LogP contribution in [0.15, 0.2) is 97.1 Å². The van der Waals surface area contributed by atoms with Crippen molar-refractivity contribution in [2.24, 2.45) is 0 Å². The Bertz CT molecular complexity index is 1400. The Morgan fingerprint density at radius 3 is 2.30 bits per heavy atom. The number of ether oxygens (including phenoxy) is 1. The molecule has 5 nitrogen and oxygen atoms in total. The highest BCUT2D eigenvalue weighted by Gasteiger charge is 2.42. The van der Waals surface area contributed by atoms with Crippen molar-refractivity contribution in [3.8, 4) is 22.6 Å². The molecule has 4 aromatic rings. The van der Waals surface area contributed by atoms with Crippen LogP contribution >= 0.6 is 12.2 Å². The van der Waals surface area contributed by atoms with Crippen LogP contribution in [0.25, 0.3) is 11.1 Å². The van der Waals surface area contributed by atoms with E-state index in [1.54, 1.807) is 36.4 Å². The molecule has 1 aliphatic heterocycles. The van der Waals surface area contributed by atoms with Gasteiger partial charge in [0, 0.05) is 11.3 Å². The van der Waals surface area contributed by atoms with Crippen LogP contribution in [0.1, 0.15) is 36.1 Å². The second-order valence-corrected chi connectivity index (χ2v) is 9.39. The minimum atomic E-state index is -0.800. The van der Waals surface area contributed by atoms with Crippen LogP contribution in [-0.2, 0) is 4.74 Å². The van der Waals surface area contributed by atoms with Gasteiger partial charge in [-0.05, 0) is 84.2 Å². The van der Waals surface area contributed by atoms with Crippen molar-refractivity contribution < 1.29 is 24.4 Å². The first kappa shape index (κ1) is 24.7. The molecule has 1 unspecified atom stereocenters. The third-order valence-electron chi connectivity index (χ3n) is 6.62. The monoisotopic (exact) mass is 515 g/mol. The van der Waals surface area contributed by atoms with E-state index in [1.165, 1.54) is 12.1 Å². The molecule has 0 saturated carbocycles. The number of benzene rings is 4. The summed E-state index contributed by atoms with van der Waals surface area (Å²) in [6.45, 7) is 0. The first-order valence-electron chi connectivity index (χ1n) is 12.0. The van der Waals surface area contributed by atoms with Crippen LogP contribution in [0, 0.1) is 5.82 Å². The van der Waals surface area contributed by atoms with Gasteiger partial charge in [0.25, 0.3) is 5.17 Å². The normalized spacial score (nSPS) is 18.0. The number of thiocarbonyl (C=S) groups is 1. The summed E-state index contributed by atoms with van der Waals surface area (Å²) in [5.74, 6) is -0.140. The topological polar surface area (TPSA) is 73.2 Å². The first-order chi connectivity index (χ1) is 17.9. The lowest BCUT2D eigenvalue weighted by molar-refractivity contribution is 0.126. The molecule has 1 saturated heterocycles. The van der Waals surface area contributed by atoms with E-state index in [-0.39, 0.29) is 22.5 Å². The minimum Gasteiger partial charge on any atom is -0.508 e. The summed E-state index contributed by atoms with van der Waals surface area (Å²) in [6, 6.07) is 27.2. The Morgan fingerprint density at radius 1 is 0.865 bits per heavy atom. The molecule has 0 aromatic heterocycles. The number of nitrogens with zero attached hydrogens (tertiary/aromatic N) is 1. The Hall–Kier alpha value is -3.94. The molecule has 1 aliphatic rings. The fourth-order valence-electron chi connectivity index (χ4n) is 4.77. The maximum Gasteiger partial charge on any atom is 0.264 e. The van der Waals surface area contributed by atoms with Crippen molar-refractivity contribution in [1.29, 1.82) is 0 Å². The van der Waals surface area contributed by atoms with Crippen molar-refractivity contribution in [3.05, 3.63) is 114 Å². The molecule has 5 rings (SSSR count). The van der Waals surface area contributed by atoms with Crippen LogP contribution < -0.4 is 4.90 Å². The molecule has 0 spiro atoms. The second kappa shape index (κ2) is 10.6. The summed E-state index contributed by atoms with van der Waals surface area (Å²) >= 11 is 5.61. The maximum absolute atomic E-state index is 13.3. The summed E-state index contributed by atoms with van der Waals surface area (Å²) in [6.07, 6.45) is -0.438. The average Bonchev–Trinajstić information content (AvgIpc) is 3.23. The number of hydrogen-bond acceptors (Lipinski definition) is 5. The van der Waals surface area contributed by atoms with Crippen LogP contribution in [0.5, 0.6) is 11.5 Å². The number of phenols is 2. The molecule has 3 N–H and O–H groups in total. The molecule has 3 atom stereocenters. The van der Waals surface area contributed by atoms with E-state index in [0.717, 1.165) is 16.8 Å². The van der Waals surface area contributed by atoms with E-state index in [2.05, 4.69) is 0 Å². The summed E-state index contributed by atoms with van der Waals surface area (Å²) in [5.41, 5.74) is 3.62. The van der Waals surface area contributed by atoms with Crippen molar-refractivity contribution in [1.82, 2.24) is 0 Å². The summed E-state index contributed by atoms with van der Waals surface area (Å²) in [7, 11) is 0. The molecule has 1 heterocycles. The number of halogens is 1. The van der Waals surface area contributed by atoms with E-state index in [0.29, 0.717) is 24.0 Å². The number of aliphatic hydroxyl groups is 1. The SMILES string of the molecule is Oc1cccc(-c2ccc([C@@H]3[C@@H](CCC(O)c4ccc(F)cc4)OC(=S)N3c3ccccc3)c(O)c2)c1. The summed E-state index contributed by atoms with van der Waals surface area (Å²) in [5, 5.41) is 32.0. The zero-order valence-electron chi connectivity index (χ0n) is 19.9. The predicted molar refractivity (Wildman–Crippen MR) is 145 cm³/mol. The van der Waals surface area contributed by atoms with Crippen molar-refractivity contribution >= 4 is 23.1 Å². The van der Waals surface area contributed by atoms with E-state index < -0.39 is 18.2 Å². The minimum absolute atomic E-state index is 0.0733. The number of hydrogen-bond donors (Lipinski definition) is 3. The van der Waals surface area contributed by atoms with Gasteiger partial charge in [-0.3, -0.25) is 4.90 Å². The zero-order valence-corrected chi connectivity index (χ0v) is 20.7. The van der Waals surface area contributed by atoms with Crippen molar-refractivity contribution in [2.75, 3.05) is 4.90 Å². The van der Waals surface area contributed by atoms with Crippen molar-refractivity contribution in [2.45, 2.75) is 31.1 Å². The molecule has 1 fully saturated rings. The fourth-order valence-corrected chi connectivity index (χ4v) is 5.12. The standard InChI is InChI=1S/C30H26FNO4S/c31-22-12-9-19(10-13-22)26(34)15-16-28-29(32(30(37)36-28)23-6-2-1-3-7-23)25-14-11-21(18-27(25)35)20-5-4-8-24(33)17-20/h1-14,17-18,26,28-29,33-35H,15-16H2/t26?,28-,29-/m1/s1. The highest BCUT2D eigenvalue weighted by molar-refractivity contribution is 7.80. The van der Waals surface area contributed by atoms with Crippen LogP contribution in [0.3, 0.4) is 0 Å². The number of aliphatic hydroxyl groups excluding tert-OH is 1. The molecule has 0 aliphatic carbocycles.